The first-order valence-electron chi connectivity index (χ1n) is 6.10. The first-order valence-corrected chi connectivity index (χ1v) is 6.91. The standard InChI is InChI=1S/C14H15N3S/c1-4-11-5-6-13(18-11)12-8-17-10(3)7-9(2)15-14(17)16-12/h5-8H,4H2,1-3H3. The Morgan fingerprint density at radius 2 is 2.06 bits per heavy atom. The van der Waals surface area contributed by atoms with Gasteiger partial charge in [0.05, 0.1) is 4.88 Å². The van der Waals surface area contributed by atoms with E-state index in [0.29, 0.717) is 0 Å². The number of hydrogen-bond donors (Lipinski definition) is 0. The highest BCUT2D eigenvalue weighted by Gasteiger charge is 2.09. The fourth-order valence-corrected chi connectivity index (χ4v) is 3.00. The second kappa shape index (κ2) is 4.21. The van der Waals surface area contributed by atoms with Gasteiger partial charge in [0.25, 0.3) is 0 Å². The second-order valence-electron chi connectivity index (χ2n) is 4.45. The Bertz CT molecular complexity index is 709. The molecule has 4 heteroatoms. The van der Waals surface area contributed by atoms with Crippen molar-refractivity contribution in [1.29, 1.82) is 0 Å². The third-order valence-corrected chi connectivity index (χ3v) is 4.28. The van der Waals surface area contributed by atoms with Gasteiger partial charge in [-0.05, 0) is 38.5 Å². The van der Waals surface area contributed by atoms with Gasteiger partial charge in [-0.1, -0.05) is 6.92 Å². The summed E-state index contributed by atoms with van der Waals surface area (Å²) in [6.07, 6.45) is 3.15. The normalized spacial score (nSPS) is 11.3. The summed E-state index contributed by atoms with van der Waals surface area (Å²) < 4.78 is 2.05. The van der Waals surface area contributed by atoms with E-state index in [2.05, 4.69) is 48.2 Å². The molecule has 0 saturated carbocycles. The van der Waals surface area contributed by atoms with Crippen LogP contribution in [0.1, 0.15) is 23.2 Å². The van der Waals surface area contributed by atoms with Crippen LogP contribution in [0.5, 0.6) is 0 Å². The van der Waals surface area contributed by atoms with Crippen LogP contribution in [0.2, 0.25) is 0 Å². The van der Waals surface area contributed by atoms with Gasteiger partial charge in [-0.25, -0.2) is 9.97 Å². The van der Waals surface area contributed by atoms with E-state index in [1.807, 2.05) is 22.7 Å². The minimum absolute atomic E-state index is 0.786. The minimum Gasteiger partial charge on any atom is -0.288 e. The molecule has 0 N–H and O–H groups in total. The molecule has 3 nitrogen and oxygen atoms in total. The monoisotopic (exact) mass is 257 g/mol. The fourth-order valence-electron chi connectivity index (χ4n) is 2.10. The molecule has 0 bridgehead atoms. The van der Waals surface area contributed by atoms with Crippen molar-refractivity contribution in [2.75, 3.05) is 0 Å². The second-order valence-corrected chi connectivity index (χ2v) is 5.62. The van der Waals surface area contributed by atoms with Crippen LogP contribution >= 0.6 is 11.3 Å². The van der Waals surface area contributed by atoms with E-state index in [1.54, 1.807) is 0 Å². The van der Waals surface area contributed by atoms with Crippen LogP contribution < -0.4 is 0 Å². The molecule has 0 amide bonds. The van der Waals surface area contributed by atoms with Gasteiger partial charge in [0.15, 0.2) is 0 Å². The molecule has 0 fully saturated rings. The van der Waals surface area contributed by atoms with Crippen molar-refractivity contribution < 1.29 is 0 Å². The maximum atomic E-state index is 4.61. The predicted octanol–water partition coefficient (Wildman–Crippen LogP) is 3.64. The fraction of sp³-hybridized carbons (Fsp3) is 0.286. The van der Waals surface area contributed by atoms with Crippen molar-refractivity contribution in [2.24, 2.45) is 0 Å². The predicted molar refractivity (Wildman–Crippen MR) is 75.2 cm³/mol. The van der Waals surface area contributed by atoms with E-state index in [-0.39, 0.29) is 0 Å². The summed E-state index contributed by atoms with van der Waals surface area (Å²) in [4.78, 5) is 11.7. The van der Waals surface area contributed by atoms with E-state index in [9.17, 15) is 0 Å². The Morgan fingerprint density at radius 3 is 2.78 bits per heavy atom. The quantitative estimate of drug-likeness (QED) is 0.701. The molecule has 3 heterocycles. The lowest BCUT2D eigenvalue weighted by Crippen LogP contribution is -1.94. The Labute approximate surface area is 110 Å². The van der Waals surface area contributed by atoms with Crippen LogP contribution in [-0.2, 0) is 6.42 Å². The first-order chi connectivity index (χ1) is 8.67. The molecule has 18 heavy (non-hydrogen) atoms. The number of nitrogens with zero attached hydrogens (tertiary/aromatic N) is 3. The molecule has 92 valence electrons. The molecule has 0 aliphatic rings. The molecule has 3 rings (SSSR count). The van der Waals surface area contributed by atoms with Crippen LogP contribution in [0.25, 0.3) is 16.3 Å². The lowest BCUT2D eigenvalue weighted by molar-refractivity contribution is 1.01. The minimum atomic E-state index is 0.786. The Morgan fingerprint density at radius 1 is 1.22 bits per heavy atom. The number of thiophene rings is 1. The maximum absolute atomic E-state index is 4.61. The van der Waals surface area contributed by atoms with E-state index in [0.717, 1.165) is 23.6 Å². The number of aromatic nitrogens is 3. The Hall–Kier alpha value is -1.68. The smallest absolute Gasteiger partial charge is 0.234 e. The number of aryl methyl sites for hydroxylation is 3. The molecule has 0 aliphatic heterocycles. The Kier molecular flexibility index (Phi) is 2.67. The van der Waals surface area contributed by atoms with Gasteiger partial charge >= 0.3 is 0 Å². The number of imidazole rings is 1. The largest absolute Gasteiger partial charge is 0.288 e. The molecular formula is C14H15N3S. The Balaban J connectivity index is 2.16. The average Bonchev–Trinajstić information content (AvgIpc) is 2.93. The number of fused-ring (bicyclic) bond motifs is 1. The molecule has 0 saturated heterocycles. The lowest BCUT2D eigenvalue weighted by atomic mass is 10.3. The maximum Gasteiger partial charge on any atom is 0.234 e. The molecule has 0 unspecified atom stereocenters. The van der Waals surface area contributed by atoms with Crippen LogP contribution in [-0.4, -0.2) is 14.4 Å². The molecule has 0 radical (unpaired) electrons. The van der Waals surface area contributed by atoms with E-state index < -0.39 is 0 Å². The summed E-state index contributed by atoms with van der Waals surface area (Å²) in [6.45, 7) is 6.26. The van der Waals surface area contributed by atoms with Crippen molar-refractivity contribution in [3.63, 3.8) is 0 Å². The van der Waals surface area contributed by atoms with E-state index in [1.165, 1.54) is 15.4 Å². The summed E-state index contributed by atoms with van der Waals surface area (Å²) >= 11 is 1.81. The first kappa shape index (κ1) is 11.4. The average molecular weight is 257 g/mol. The van der Waals surface area contributed by atoms with E-state index >= 15 is 0 Å². The summed E-state index contributed by atoms with van der Waals surface area (Å²) in [5.74, 6) is 0.786. The third kappa shape index (κ3) is 1.82. The molecule has 3 aromatic rings. The summed E-state index contributed by atoms with van der Waals surface area (Å²) in [5, 5.41) is 0. The van der Waals surface area contributed by atoms with Gasteiger partial charge in [0.1, 0.15) is 5.69 Å². The zero-order valence-electron chi connectivity index (χ0n) is 10.8. The van der Waals surface area contributed by atoms with Gasteiger partial charge in [-0.2, -0.15) is 0 Å². The highest BCUT2D eigenvalue weighted by Crippen LogP contribution is 2.28. The van der Waals surface area contributed by atoms with Gasteiger partial charge in [0.2, 0.25) is 5.78 Å². The number of rotatable bonds is 2. The topological polar surface area (TPSA) is 30.2 Å². The summed E-state index contributed by atoms with van der Waals surface area (Å²) in [6, 6.07) is 6.40. The van der Waals surface area contributed by atoms with Gasteiger partial charge in [-0.3, -0.25) is 4.40 Å². The highest BCUT2D eigenvalue weighted by molar-refractivity contribution is 7.15. The SMILES string of the molecule is CCc1ccc(-c2cn3c(C)cc(C)nc3n2)s1. The molecule has 0 aliphatic carbocycles. The van der Waals surface area contributed by atoms with Crippen molar-refractivity contribution in [2.45, 2.75) is 27.2 Å². The molecule has 0 atom stereocenters. The van der Waals surface area contributed by atoms with Crippen LogP contribution in [0.4, 0.5) is 0 Å². The van der Waals surface area contributed by atoms with Crippen LogP contribution in [0.3, 0.4) is 0 Å². The zero-order valence-corrected chi connectivity index (χ0v) is 11.6. The van der Waals surface area contributed by atoms with Gasteiger partial charge in [-0.15, -0.1) is 11.3 Å². The van der Waals surface area contributed by atoms with E-state index in [4.69, 9.17) is 0 Å². The highest BCUT2D eigenvalue weighted by atomic mass is 32.1. The van der Waals surface area contributed by atoms with Crippen molar-refractivity contribution in [1.82, 2.24) is 14.4 Å². The summed E-state index contributed by atoms with van der Waals surface area (Å²) in [7, 11) is 0. The molecule has 0 spiro atoms. The van der Waals surface area contributed by atoms with Crippen molar-refractivity contribution in [3.8, 4) is 10.6 Å². The third-order valence-electron chi connectivity index (χ3n) is 3.02. The molecule has 3 aromatic heterocycles. The van der Waals surface area contributed by atoms with Crippen LogP contribution in [0, 0.1) is 13.8 Å². The summed E-state index contributed by atoms with van der Waals surface area (Å²) in [5.41, 5.74) is 3.20. The van der Waals surface area contributed by atoms with Gasteiger partial charge in [0, 0.05) is 22.5 Å². The molecule has 0 aromatic carbocycles. The van der Waals surface area contributed by atoms with Crippen molar-refractivity contribution in [3.05, 3.63) is 40.7 Å². The number of hydrogen-bond acceptors (Lipinski definition) is 3. The van der Waals surface area contributed by atoms with Crippen molar-refractivity contribution >= 4 is 17.1 Å². The lowest BCUT2D eigenvalue weighted by Gasteiger charge is -1.98. The van der Waals surface area contributed by atoms with Gasteiger partial charge < -0.3 is 0 Å². The zero-order chi connectivity index (χ0) is 12.7. The van der Waals surface area contributed by atoms with Crippen LogP contribution in [0.15, 0.2) is 24.4 Å². The molecular weight excluding hydrogens is 242 g/mol.